The summed E-state index contributed by atoms with van der Waals surface area (Å²) in [7, 11) is 0. The van der Waals surface area contributed by atoms with E-state index in [1.807, 2.05) is 6.07 Å². The van der Waals surface area contributed by atoms with Gasteiger partial charge in [-0.25, -0.2) is 0 Å². The zero-order valence-corrected chi connectivity index (χ0v) is 11.1. The summed E-state index contributed by atoms with van der Waals surface area (Å²) in [5, 5.41) is 3.65. The van der Waals surface area contributed by atoms with Gasteiger partial charge in [0.05, 0.1) is 0 Å². The Labute approximate surface area is 113 Å². The normalized spacial score (nSPS) is 29.5. The lowest BCUT2D eigenvalue weighted by atomic mass is 10.1. The second-order valence-electron chi connectivity index (χ2n) is 5.72. The molecule has 1 N–H and O–H groups in total. The van der Waals surface area contributed by atoms with Crippen LogP contribution in [0.3, 0.4) is 0 Å². The van der Waals surface area contributed by atoms with Gasteiger partial charge >= 0.3 is 0 Å². The molecule has 4 rings (SSSR count). The Morgan fingerprint density at radius 2 is 2.16 bits per heavy atom. The third-order valence-corrected chi connectivity index (χ3v) is 4.58. The minimum Gasteiger partial charge on any atom is -0.454 e. The molecule has 2 heterocycles. The number of benzene rings is 1. The second kappa shape index (κ2) is 4.69. The van der Waals surface area contributed by atoms with Gasteiger partial charge in [0, 0.05) is 31.7 Å². The molecular formula is C15H20N2O2. The molecular weight excluding hydrogens is 240 g/mol. The molecule has 0 radical (unpaired) electrons. The molecule has 0 amide bonds. The van der Waals surface area contributed by atoms with Gasteiger partial charge in [0.1, 0.15) is 0 Å². The highest BCUT2D eigenvalue weighted by atomic mass is 16.7. The lowest BCUT2D eigenvalue weighted by Gasteiger charge is -2.38. The van der Waals surface area contributed by atoms with Gasteiger partial charge in [0.2, 0.25) is 6.79 Å². The van der Waals surface area contributed by atoms with Crippen molar-refractivity contribution in [3.05, 3.63) is 23.8 Å². The molecule has 2 fully saturated rings. The van der Waals surface area contributed by atoms with Gasteiger partial charge in [0.25, 0.3) is 0 Å². The summed E-state index contributed by atoms with van der Waals surface area (Å²) in [6, 6.07) is 7.77. The summed E-state index contributed by atoms with van der Waals surface area (Å²) in [6.45, 7) is 3.65. The highest BCUT2D eigenvalue weighted by molar-refractivity contribution is 5.44. The van der Waals surface area contributed by atoms with E-state index in [1.54, 1.807) is 0 Å². The molecule has 19 heavy (non-hydrogen) atoms. The first-order chi connectivity index (χ1) is 9.40. The van der Waals surface area contributed by atoms with Gasteiger partial charge < -0.3 is 14.8 Å². The number of fused-ring (bicyclic) bond motifs is 2. The van der Waals surface area contributed by atoms with Crippen LogP contribution in [0.1, 0.15) is 24.8 Å². The van der Waals surface area contributed by atoms with Crippen LogP contribution in [0.2, 0.25) is 0 Å². The lowest BCUT2D eigenvalue weighted by Crippen LogP contribution is -2.54. The monoisotopic (exact) mass is 260 g/mol. The molecule has 0 bridgehead atoms. The fourth-order valence-corrected chi connectivity index (χ4v) is 3.65. The Kier molecular flexibility index (Phi) is 2.85. The highest BCUT2D eigenvalue weighted by Crippen LogP contribution is 2.34. The van der Waals surface area contributed by atoms with E-state index in [9.17, 15) is 0 Å². The number of hydrogen-bond donors (Lipinski definition) is 1. The third-order valence-electron chi connectivity index (χ3n) is 4.58. The van der Waals surface area contributed by atoms with Crippen LogP contribution in [0.4, 0.5) is 0 Å². The molecule has 4 heteroatoms. The Morgan fingerprint density at radius 3 is 3.16 bits per heavy atom. The maximum Gasteiger partial charge on any atom is 0.231 e. The zero-order valence-electron chi connectivity index (χ0n) is 11.1. The third kappa shape index (κ3) is 2.09. The second-order valence-corrected chi connectivity index (χ2v) is 5.72. The maximum absolute atomic E-state index is 5.46. The summed E-state index contributed by atoms with van der Waals surface area (Å²) >= 11 is 0. The van der Waals surface area contributed by atoms with Crippen LogP contribution in [0.5, 0.6) is 11.5 Å². The van der Waals surface area contributed by atoms with Crippen LogP contribution in [-0.2, 0) is 6.54 Å². The molecule has 0 unspecified atom stereocenters. The fraction of sp³-hybridized carbons (Fsp3) is 0.600. The van der Waals surface area contributed by atoms with Gasteiger partial charge in [-0.3, -0.25) is 4.90 Å². The number of hydrogen-bond acceptors (Lipinski definition) is 4. The van der Waals surface area contributed by atoms with E-state index in [0.717, 1.165) is 37.2 Å². The SMILES string of the molecule is c1cc2c(cc1CN1CCN[C@@H]3CCC[C@@H]31)OCO2. The average molecular weight is 260 g/mol. The largest absolute Gasteiger partial charge is 0.454 e. The number of ether oxygens (including phenoxy) is 2. The predicted octanol–water partition coefficient (Wildman–Crippen LogP) is 1.74. The van der Waals surface area contributed by atoms with Crippen LogP contribution in [0.25, 0.3) is 0 Å². The Bertz CT molecular complexity index is 477. The van der Waals surface area contributed by atoms with Crippen LogP contribution < -0.4 is 14.8 Å². The Hall–Kier alpha value is -1.26. The van der Waals surface area contributed by atoms with Crippen molar-refractivity contribution in [2.75, 3.05) is 19.9 Å². The quantitative estimate of drug-likeness (QED) is 0.878. The maximum atomic E-state index is 5.46. The van der Waals surface area contributed by atoms with E-state index >= 15 is 0 Å². The smallest absolute Gasteiger partial charge is 0.231 e. The van der Waals surface area contributed by atoms with Crippen molar-refractivity contribution in [1.82, 2.24) is 10.2 Å². The number of piperazine rings is 1. The lowest BCUT2D eigenvalue weighted by molar-refractivity contribution is 0.129. The van der Waals surface area contributed by atoms with Gasteiger partial charge in [-0.1, -0.05) is 12.5 Å². The van der Waals surface area contributed by atoms with Gasteiger partial charge in [-0.2, -0.15) is 0 Å². The number of nitrogens with zero attached hydrogens (tertiary/aromatic N) is 1. The van der Waals surface area contributed by atoms with Crippen molar-refractivity contribution in [3.63, 3.8) is 0 Å². The van der Waals surface area contributed by atoms with E-state index in [2.05, 4.69) is 22.3 Å². The first-order valence-electron chi connectivity index (χ1n) is 7.26. The van der Waals surface area contributed by atoms with Crippen LogP contribution in [-0.4, -0.2) is 36.9 Å². The van der Waals surface area contributed by atoms with Crippen LogP contribution in [0, 0.1) is 0 Å². The molecule has 0 spiro atoms. The van der Waals surface area contributed by atoms with Crippen molar-refractivity contribution in [2.24, 2.45) is 0 Å². The first kappa shape index (κ1) is 11.6. The minimum atomic E-state index is 0.358. The number of rotatable bonds is 2. The topological polar surface area (TPSA) is 33.7 Å². The molecule has 1 aromatic rings. The molecule has 0 aromatic heterocycles. The molecule has 2 aliphatic heterocycles. The van der Waals surface area contributed by atoms with E-state index in [1.165, 1.54) is 24.8 Å². The fourth-order valence-electron chi connectivity index (χ4n) is 3.65. The molecule has 2 atom stereocenters. The standard InChI is InChI=1S/C15H20N2O2/c1-2-12-13(3-1)17(7-6-16-12)9-11-4-5-14-15(8-11)19-10-18-14/h4-5,8,12-13,16H,1-3,6-7,9-10H2/t12-,13+/m1/s1. The Balaban J connectivity index is 1.51. The first-order valence-corrected chi connectivity index (χ1v) is 7.26. The summed E-state index contributed by atoms with van der Waals surface area (Å²) in [4.78, 5) is 2.63. The molecule has 3 aliphatic rings. The van der Waals surface area contributed by atoms with Crippen molar-refractivity contribution in [3.8, 4) is 11.5 Å². The molecule has 1 saturated heterocycles. The van der Waals surface area contributed by atoms with Crippen LogP contribution in [0.15, 0.2) is 18.2 Å². The van der Waals surface area contributed by atoms with Crippen molar-refractivity contribution < 1.29 is 9.47 Å². The summed E-state index contributed by atoms with van der Waals surface area (Å²) in [5.74, 6) is 1.78. The van der Waals surface area contributed by atoms with E-state index in [4.69, 9.17) is 9.47 Å². The van der Waals surface area contributed by atoms with E-state index in [0.29, 0.717) is 12.8 Å². The van der Waals surface area contributed by atoms with Crippen LogP contribution >= 0.6 is 0 Å². The van der Waals surface area contributed by atoms with Gasteiger partial charge in [-0.15, -0.1) is 0 Å². The molecule has 102 valence electrons. The van der Waals surface area contributed by atoms with Crippen molar-refractivity contribution in [1.29, 1.82) is 0 Å². The zero-order chi connectivity index (χ0) is 12.7. The average Bonchev–Trinajstić information content (AvgIpc) is 3.06. The van der Waals surface area contributed by atoms with Crippen molar-refractivity contribution >= 4 is 0 Å². The Morgan fingerprint density at radius 1 is 1.21 bits per heavy atom. The van der Waals surface area contributed by atoms with Crippen molar-refractivity contribution in [2.45, 2.75) is 37.9 Å². The summed E-state index contributed by atoms with van der Waals surface area (Å²) in [5.41, 5.74) is 1.33. The highest BCUT2D eigenvalue weighted by Gasteiger charge is 2.34. The van der Waals surface area contributed by atoms with E-state index in [-0.39, 0.29) is 0 Å². The molecule has 1 aromatic carbocycles. The predicted molar refractivity (Wildman–Crippen MR) is 72.4 cm³/mol. The van der Waals surface area contributed by atoms with Gasteiger partial charge in [0.15, 0.2) is 11.5 Å². The van der Waals surface area contributed by atoms with Gasteiger partial charge in [-0.05, 0) is 30.5 Å². The molecule has 1 saturated carbocycles. The van der Waals surface area contributed by atoms with E-state index < -0.39 is 0 Å². The number of nitrogens with one attached hydrogen (secondary N) is 1. The molecule has 4 nitrogen and oxygen atoms in total. The minimum absolute atomic E-state index is 0.358. The summed E-state index contributed by atoms with van der Waals surface area (Å²) < 4.78 is 10.8. The summed E-state index contributed by atoms with van der Waals surface area (Å²) in [6.07, 6.45) is 4.03. The molecule has 1 aliphatic carbocycles.